The Kier molecular flexibility index (Phi) is 4.85. The lowest BCUT2D eigenvalue weighted by atomic mass is 10.2. The molecule has 0 saturated heterocycles. The Morgan fingerprint density at radius 3 is 2.79 bits per heavy atom. The summed E-state index contributed by atoms with van der Waals surface area (Å²) < 4.78 is 1.70. The third kappa shape index (κ3) is 3.14. The molecule has 0 unspecified atom stereocenters. The van der Waals surface area contributed by atoms with E-state index in [-0.39, 0.29) is 23.1 Å². The molecule has 2 heterocycles. The fourth-order valence-electron chi connectivity index (χ4n) is 2.51. The summed E-state index contributed by atoms with van der Waals surface area (Å²) in [5.74, 6) is 0.227. The number of nitrogens with zero attached hydrogens (tertiary/aromatic N) is 2. The van der Waals surface area contributed by atoms with Crippen molar-refractivity contribution in [2.75, 3.05) is 5.75 Å². The van der Waals surface area contributed by atoms with Crippen LogP contribution in [-0.4, -0.2) is 26.1 Å². The summed E-state index contributed by atoms with van der Waals surface area (Å²) in [6.45, 7) is 4.03. The zero-order valence-electron chi connectivity index (χ0n) is 13.7. The number of nitrogens with one attached hydrogen (secondary N) is 1. The molecule has 0 fully saturated rings. The highest BCUT2D eigenvalue weighted by Crippen LogP contribution is 2.23. The van der Waals surface area contributed by atoms with Crippen LogP contribution in [0.15, 0.2) is 52.5 Å². The topological polar surface area (TPSA) is 67.8 Å². The van der Waals surface area contributed by atoms with E-state index in [9.17, 15) is 9.59 Å². The number of ketones is 1. The van der Waals surface area contributed by atoms with Crippen molar-refractivity contribution in [1.82, 2.24) is 14.5 Å². The van der Waals surface area contributed by atoms with E-state index in [1.54, 1.807) is 29.0 Å². The minimum Gasteiger partial charge on any atom is -0.359 e. The van der Waals surface area contributed by atoms with E-state index in [2.05, 4.69) is 9.97 Å². The number of carbonyl (C=O) groups excluding carboxylic acids is 1. The number of hydrogen-bond acceptors (Lipinski definition) is 4. The molecule has 3 aromatic rings. The van der Waals surface area contributed by atoms with E-state index in [4.69, 9.17) is 0 Å². The molecule has 0 radical (unpaired) electrons. The first-order chi connectivity index (χ1) is 11.6. The second-order valence-corrected chi connectivity index (χ2v) is 6.58. The van der Waals surface area contributed by atoms with Crippen LogP contribution in [0, 0.1) is 0 Å². The minimum atomic E-state index is -0.0511. The molecular formula is C18H19N3O2S. The molecule has 0 saturated carbocycles. The molecule has 5 nitrogen and oxygen atoms in total. The predicted octanol–water partition coefficient (Wildman–Crippen LogP) is 3.67. The van der Waals surface area contributed by atoms with Gasteiger partial charge in [-0.25, -0.2) is 4.98 Å². The van der Waals surface area contributed by atoms with Crippen LogP contribution in [0.1, 0.15) is 36.8 Å². The molecule has 1 N–H and O–H groups in total. The van der Waals surface area contributed by atoms with Crippen LogP contribution in [0.3, 0.4) is 0 Å². The van der Waals surface area contributed by atoms with Crippen molar-refractivity contribution in [2.24, 2.45) is 0 Å². The van der Waals surface area contributed by atoms with Crippen LogP contribution in [0.2, 0.25) is 0 Å². The van der Waals surface area contributed by atoms with E-state index < -0.39 is 0 Å². The highest BCUT2D eigenvalue weighted by Gasteiger charge is 2.17. The number of aromatic nitrogens is 3. The number of aromatic amines is 1. The molecule has 0 spiro atoms. The van der Waals surface area contributed by atoms with Crippen LogP contribution in [0.4, 0.5) is 0 Å². The van der Waals surface area contributed by atoms with Gasteiger partial charge in [0.2, 0.25) is 0 Å². The molecule has 1 aromatic carbocycles. The van der Waals surface area contributed by atoms with Crippen LogP contribution in [-0.2, 0) is 0 Å². The summed E-state index contributed by atoms with van der Waals surface area (Å²) in [5.41, 5.74) is 1.18. The molecule has 0 aliphatic carbocycles. The van der Waals surface area contributed by atoms with E-state index in [1.807, 2.05) is 32.0 Å². The highest BCUT2D eigenvalue weighted by atomic mass is 32.2. The number of Topliss-reactive ketones (excluding diaryl/α,β-unsaturated/α-hetero) is 1. The second-order valence-electron chi connectivity index (χ2n) is 5.64. The third-order valence-electron chi connectivity index (χ3n) is 4.04. The Labute approximate surface area is 144 Å². The lowest BCUT2D eigenvalue weighted by Crippen LogP contribution is -2.26. The summed E-state index contributed by atoms with van der Waals surface area (Å²) in [6.07, 6.45) is 2.54. The summed E-state index contributed by atoms with van der Waals surface area (Å²) in [6, 6.07) is 10.9. The molecule has 24 heavy (non-hydrogen) atoms. The van der Waals surface area contributed by atoms with E-state index in [0.29, 0.717) is 21.8 Å². The largest absolute Gasteiger partial charge is 0.359 e. The van der Waals surface area contributed by atoms with Crippen molar-refractivity contribution in [1.29, 1.82) is 0 Å². The molecule has 2 aromatic heterocycles. The van der Waals surface area contributed by atoms with Crippen molar-refractivity contribution in [2.45, 2.75) is 31.5 Å². The monoisotopic (exact) mass is 341 g/mol. The number of carbonyl (C=O) groups is 1. The smallest absolute Gasteiger partial charge is 0.262 e. The Balaban J connectivity index is 1.99. The Morgan fingerprint density at radius 2 is 2.08 bits per heavy atom. The fourth-order valence-corrected chi connectivity index (χ4v) is 3.49. The van der Waals surface area contributed by atoms with Gasteiger partial charge in [0.05, 0.1) is 22.3 Å². The summed E-state index contributed by atoms with van der Waals surface area (Å²) in [5, 5.41) is 1.20. The molecule has 1 atom stereocenters. The van der Waals surface area contributed by atoms with Crippen molar-refractivity contribution >= 4 is 28.4 Å². The van der Waals surface area contributed by atoms with Crippen molar-refractivity contribution in [3.05, 3.63) is 58.6 Å². The molecule has 0 bridgehead atoms. The summed E-state index contributed by atoms with van der Waals surface area (Å²) >= 11 is 1.31. The number of H-pyrrole nitrogens is 1. The molecule has 0 amide bonds. The standard InChI is InChI=1S/C18H19N3O2S/c1-3-12(2)21-17(23)13-7-4-5-8-14(13)20-18(21)24-11-16(22)15-9-6-10-19-15/h4-10,12,19H,3,11H2,1-2H3/t12-/m0/s1. The summed E-state index contributed by atoms with van der Waals surface area (Å²) in [7, 11) is 0. The number of hydrogen-bond donors (Lipinski definition) is 1. The van der Waals surface area contributed by atoms with Gasteiger partial charge in [-0.2, -0.15) is 0 Å². The maximum Gasteiger partial charge on any atom is 0.262 e. The molecule has 6 heteroatoms. The van der Waals surface area contributed by atoms with E-state index >= 15 is 0 Å². The average Bonchev–Trinajstić information content (AvgIpc) is 3.14. The van der Waals surface area contributed by atoms with Gasteiger partial charge >= 0.3 is 0 Å². The molecule has 0 aliphatic heterocycles. The zero-order chi connectivity index (χ0) is 17.1. The van der Waals surface area contributed by atoms with Gasteiger partial charge in [-0.15, -0.1) is 0 Å². The maximum absolute atomic E-state index is 12.8. The number of rotatable bonds is 6. The zero-order valence-corrected chi connectivity index (χ0v) is 14.5. The lowest BCUT2D eigenvalue weighted by Gasteiger charge is -2.18. The molecule has 3 rings (SSSR count). The first kappa shape index (κ1) is 16.5. The predicted molar refractivity (Wildman–Crippen MR) is 96.9 cm³/mol. The molecule has 0 aliphatic rings. The van der Waals surface area contributed by atoms with Crippen LogP contribution in [0.25, 0.3) is 10.9 Å². The number of thioether (sulfide) groups is 1. The number of para-hydroxylation sites is 1. The fraction of sp³-hybridized carbons (Fsp3) is 0.278. The van der Waals surface area contributed by atoms with Gasteiger partial charge in [0.1, 0.15) is 0 Å². The van der Waals surface area contributed by atoms with Gasteiger partial charge in [0, 0.05) is 12.2 Å². The van der Waals surface area contributed by atoms with Crippen LogP contribution in [0.5, 0.6) is 0 Å². The minimum absolute atomic E-state index is 0.0110. The van der Waals surface area contributed by atoms with Crippen molar-refractivity contribution in [3.63, 3.8) is 0 Å². The van der Waals surface area contributed by atoms with Gasteiger partial charge in [-0.1, -0.05) is 30.8 Å². The van der Waals surface area contributed by atoms with Crippen LogP contribution >= 0.6 is 11.8 Å². The van der Waals surface area contributed by atoms with Gasteiger partial charge < -0.3 is 4.98 Å². The number of fused-ring (bicyclic) bond motifs is 1. The second kappa shape index (κ2) is 7.05. The van der Waals surface area contributed by atoms with Crippen molar-refractivity contribution < 1.29 is 4.79 Å². The van der Waals surface area contributed by atoms with E-state index in [0.717, 1.165) is 6.42 Å². The molecular weight excluding hydrogens is 322 g/mol. The Morgan fingerprint density at radius 1 is 1.29 bits per heavy atom. The Bertz CT molecular complexity index is 916. The first-order valence-electron chi connectivity index (χ1n) is 7.92. The van der Waals surface area contributed by atoms with Gasteiger partial charge in [-0.3, -0.25) is 14.2 Å². The Hall–Kier alpha value is -2.34. The lowest BCUT2D eigenvalue weighted by molar-refractivity contribution is 0.101. The summed E-state index contributed by atoms with van der Waals surface area (Å²) in [4.78, 5) is 32.6. The number of benzene rings is 1. The first-order valence-corrected chi connectivity index (χ1v) is 8.91. The maximum atomic E-state index is 12.8. The van der Waals surface area contributed by atoms with Gasteiger partial charge in [-0.05, 0) is 37.6 Å². The van der Waals surface area contributed by atoms with Gasteiger partial charge in [0.15, 0.2) is 10.9 Å². The van der Waals surface area contributed by atoms with E-state index in [1.165, 1.54) is 11.8 Å². The van der Waals surface area contributed by atoms with Crippen LogP contribution < -0.4 is 5.56 Å². The van der Waals surface area contributed by atoms with Crippen molar-refractivity contribution in [3.8, 4) is 0 Å². The average molecular weight is 341 g/mol. The SMILES string of the molecule is CC[C@H](C)n1c(SCC(=O)c2ccc[nH]2)nc2ccccc2c1=O. The normalized spacial score (nSPS) is 12.4. The highest BCUT2D eigenvalue weighted by molar-refractivity contribution is 7.99. The van der Waals surface area contributed by atoms with Gasteiger partial charge in [0.25, 0.3) is 5.56 Å². The third-order valence-corrected chi connectivity index (χ3v) is 4.99. The molecule has 124 valence electrons. The quantitative estimate of drug-likeness (QED) is 0.422.